The molecule has 1 saturated heterocycles. The van der Waals surface area contributed by atoms with Crippen molar-refractivity contribution in [2.75, 3.05) is 6.54 Å². The maximum absolute atomic E-state index is 14.6. The van der Waals surface area contributed by atoms with Crippen molar-refractivity contribution in [3.63, 3.8) is 0 Å². The lowest BCUT2D eigenvalue weighted by Gasteiger charge is -2.37. The number of carbonyl (C=O) groups is 4. The minimum Gasteiger partial charge on any atom is -0.490 e. The highest BCUT2D eigenvalue weighted by Gasteiger charge is 2.47. The van der Waals surface area contributed by atoms with Crippen LogP contribution in [0.3, 0.4) is 0 Å². The lowest BCUT2D eigenvalue weighted by atomic mass is 9.84. The molecule has 4 amide bonds. The monoisotopic (exact) mass is 739 g/mol. The van der Waals surface area contributed by atoms with Gasteiger partial charge in [0.1, 0.15) is 17.8 Å². The summed E-state index contributed by atoms with van der Waals surface area (Å²) in [5.41, 5.74) is 2.15. The topological polar surface area (TPSA) is 170 Å². The predicted octanol–water partition coefficient (Wildman–Crippen LogP) is 5.30. The first kappa shape index (κ1) is 42.1. The molecule has 2 saturated carbocycles. The Labute approximate surface area is 316 Å². The molecule has 0 spiro atoms. The number of amides is 4. The highest BCUT2D eigenvalue weighted by Crippen LogP contribution is 2.34. The molecular formula is C41H65N5O7. The summed E-state index contributed by atoms with van der Waals surface area (Å²) in [5, 5.41) is 34.0. The number of rotatable bonds is 16. The SMILES string of the molecule is CCC[C@H](NC(=O)[C@@H]1[C@H](C/C(=N\O)c2cc(C)c(OC(C)C)c(C)c2)CCN1C(=O)[C@@H](NC(=O)CC1CCCCC1)C(C)(C)C)C(O)C(=O)NC1CC1. The number of hydrogen-bond donors (Lipinski definition) is 5. The number of hydrogen-bond acceptors (Lipinski definition) is 8. The van der Waals surface area contributed by atoms with Gasteiger partial charge < -0.3 is 35.9 Å². The fourth-order valence-electron chi connectivity index (χ4n) is 7.95. The van der Waals surface area contributed by atoms with E-state index in [0.717, 1.165) is 55.4 Å². The number of ether oxygens (including phenoxy) is 1. The second-order valence-electron chi connectivity index (χ2n) is 17.1. The Morgan fingerprint density at radius 3 is 2.15 bits per heavy atom. The minimum atomic E-state index is -1.46. The fraction of sp³-hybridized carbons (Fsp3) is 0.732. The zero-order valence-corrected chi connectivity index (χ0v) is 33.3. The van der Waals surface area contributed by atoms with E-state index in [1.165, 1.54) is 6.42 Å². The van der Waals surface area contributed by atoms with Crippen LogP contribution in [0.1, 0.15) is 135 Å². The Morgan fingerprint density at radius 2 is 1.60 bits per heavy atom. The summed E-state index contributed by atoms with van der Waals surface area (Å²) < 4.78 is 6.03. The third-order valence-corrected chi connectivity index (χ3v) is 10.9. The molecule has 12 nitrogen and oxygen atoms in total. The van der Waals surface area contributed by atoms with Gasteiger partial charge >= 0.3 is 0 Å². The summed E-state index contributed by atoms with van der Waals surface area (Å²) in [7, 11) is 0. The van der Waals surface area contributed by atoms with E-state index in [1.807, 2.05) is 67.5 Å². The third kappa shape index (κ3) is 11.4. The van der Waals surface area contributed by atoms with Gasteiger partial charge in [0.05, 0.1) is 17.9 Å². The summed E-state index contributed by atoms with van der Waals surface area (Å²) in [5.74, 6) is -0.954. The molecule has 3 fully saturated rings. The number of oxime groups is 1. The van der Waals surface area contributed by atoms with Gasteiger partial charge in [0, 0.05) is 24.6 Å². The van der Waals surface area contributed by atoms with Gasteiger partial charge in [0.15, 0.2) is 6.10 Å². The van der Waals surface area contributed by atoms with Crippen molar-refractivity contribution in [2.24, 2.45) is 22.4 Å². The average Bonchev–Trinajstić information content (AvgIpc) is 3.81. The highest BCUT2D eigenvalue weighted by atomic mass is 16.5. The van der Waals surface area contributed by atoms with E-state index in [9.17, 15) is 29.5 Å². The molecule has 1 heterocycles. The van der Waals surface area contributed by atoms with Crippen LogP contribution in [0.15, 0.2) is 17.3 Å². The van der Waals surface area contributed by atoms with Crippen LogP contribution in [0.5, 0.6) is 5.75 Å². The quantitative estimate of drug-likeness (QED) is 0.0871. The van der Waals surface area contributed by atoms with Crippen LogP contribution in [0, 0.1) is 31.1 Å². The molecule has 3 aliphatic rings. The lowest BCUT2D eigenvalue weighted by molar-refractivity contribution is -0.145. The first-order valence-corrected chi connectivity index (χ1v) is 19.9. The molecule has 12 heteroatoms. The van der Waals surface area contributed by atoms with E-state index < -0.39 is 47.4 Å². The summed E-state index contributed by atoms with van der Waals surface area (Å²) in [4.78, 5) is 57.0. The second kappa shape index (κ2) is 18.6. The Hall–Kier alpha value is -3.67. The predicted molar refractivity (Wildman–Crippen MR) is 205 cm³/mol. The van der Waals surface area contributed by atoms with E-state index in [-0.39, 0.29) is 36.9 Å². The molecule has 1 aromatic carbocycles. The van der Waals surface area contributed by atoms with Crippen LogP contribution in [-0.4, -0.2) is 87.5 Å². The van der Waals surface area contributed by atoms with Crippen molar-refractivity contribution in [3.05, 3.63) is 28.8 Å². The van der Waals surface area contributed by atoms with Gasteiger partial charge in [-0.2, -0.15) is 0 Å². The molecule has 0 bridgehead atoms. The molecule has 296 valence electrons. The Bertz CT molecular complexity index is 1450. The molecule has 1 unspecified atom stereocenters. The first-order chi connectivity index (χ1) is 25.0. The number of likely N-dealkylation sites (tertiary alicyclic amines) is 1. The summed E-state index contributed by atoms with van der Waals surface area (Å²) in [6.45, 7) is 15.6. The van der Waals surface area contributed by atoms with E-state index in [1.54, 1.807) is 4.90 Å². The lowest BCUT2D eigenvalue weighted by Crippen LogP contribution is -2.60. The molecule has 2 aliphatic carbocycles. The van der Waals surface area contributed by atoms with Crippen LogP contribution in [0.2, 0.25) is 0 Å². The van der Waals surface area contributed by atoms with E-state index in [0.29, 0.717) is 42.9 Å². The molecule has 1 aromatic rings. The minimum absolute atomic E-state index is 0.0192. The zero-order chi connectivity index (χ0) is 39.0. The maximum Gasteiger partial charge on any atom is 0.251 e. The Kier molecular flexibility index (Phi) is 14.8. The molecule has 5 atom stereocenters. The molecular weight excluding hydrogens is 674 g/mol. The van der Waals surface area contributed by atoms with Gasteiger partial charge in [-0.15, -0.1) is 0 Å². The van der Waals surface area contributed by atoms with Crippen molar-refractivity contribution >= 4 is 29.3 Å². The number of benzene rings is 1. The van der Waals surface area contributed by atoms with Gasteiger partial charge in [0.2, 0.25) is 17.7 Å². The normalized spacial score (nSPS) is 21.5. The van der Waals surface area contributed by atoms with Gasteiger partial charge in [-0.25, -0.2) is 0 Å². The Balaban J connectivity index is 1.64. The van der Waals surface area contributed by atoms with Crippen molar-refractivity contribution in [1.29, 1.82) is 0 Å². The third-order valence-electron chi connectivity index (χ3n) is 10.9. The Morgan fingerprint density at radius 1 is 0.962 bits per heavy atom. The van der Waals surface area contributed by atoms with Crippen LogP contribution in [0.25, 0.3) is 0 Å². The van der Waals surface area contributed by atoms with Gasteiger partial charge in [-0.3, -0.25) is 19.2 Å². The zero-order valence-electron chi connectivity index (χ0n) is 33.3. The van der Waals surface area contributed by atoms with Crippen LogP contribution >= 0.6 is 0 Å². The van der Waals surface area contributed by atoms with E-state index in [4.69, 9.17) is 4.74 Å². The van der Waals surface area contributed by atoms with E-state index in [2.05, 4.69) is 21.1 Å². The van der Waals surface area contributed by atoms with Crippen molar-refractivity contribution in [2.45, 2.75) is 169 Å². The molecule has 53 heavy (non-hydrogen) atoms. The van der Waals surface area contributed by atoms with Crippen molar-refractivity contribution in [3.8, 4) is 5.75 Å². The van der Waals surface area contributed by atoms with Gasteiger partial charge in [-0.1, -0.05) is 58.5 Å². The van der Waals surface area contributed by atoms with E-state index >= 15 is 0 Å². The standard InChI is InChI=1S/C41H65N5O7/c1-9-13-31(35(48)39(50)42-30-16-17-30)43-38(49)34-28(23-32(45-52)29-20-25(4)36(26(5)21-29)53-24(2)3)18-19-46(34)40(51)37(41(6,7)8)44-33(47)22-27-14-11-10-12-15-27/h20-21,24,27-28,30-31,34-35,37,48,52H,9-19,22-23H2,1-8H3,(H,42,50)(H,43,49)(H,44,47)/b45-32+/t28-,31-,34-,35?,37+/m0/s1. The number of aryl methyl sites for hydroxylation is 2. The number of aliphatic hydroxyl groups excluding tert-OH is 1. The largest absolute Gasteiger partial charge is 0.490 e. The molecule has 0 aromatic heterocycles. The second-order valence-corrected chi connectivity index (χ2v) is 17.1. The number of carbonyl (C=O) groups excluding carboxylic acids is 4. The summed E-state index contributed by atoms with van der Waals surface area (Å²) in [6, 6.07) is 1.07. The summed E-state index contributed by atoms with van der Waals surface area (Å²) in [6.07, 6.45) is 7.57. The average molecular weight is 740 g/mol. The first-order valence-electron chi connectivity index (χ1n) is 19.9. The number of nitrogens with one attached hydrogen (secondary N) is 3. The fourth-order valence-corrected chi connectivity index (χ4v) is 7.95. The molecule has 5 N–H and O–H groups in total. The maximum atomic E-state index is 14.6. The molecule has 1 aliphatic heterocycles. The smallest absolute Gasteiger partial charge is 0.251 e. The van der Waals surface area contributed by atoms with Gasteiger partial charge in [-0.05, 0) is 113 Å². The summed E-state index contributed by atoms with van der Waals surface area (Å²) >= 11 is 0. The van der Waals surface area contributed by atoms with Crippen LogP contribution < -0.4 is 20.7 Å². The van der Waals surface area contributed by atoms with Crippen molar-refractivity contribution < 1.29 is 34.2 Å². The van der Waals surface area contributed by atoms with Crippen LogP contribution in [-0.2, 0) is 19.2 Å². The van der Waals surface area contributed by atoms with Crippen molar-refractivity contribution in [1.82, 2.24) is 20.9 Å². The van der Waals surface area contributed by atoms with Crippen LogP contribution in [0.4, 0.5) is 0 Å². The molecule has 0 radical (unpaired) electrons. The highest BCUT2D eigenvalue weighted by molar-refractivity contribution is 6.02. The number of aliphatic hydroxyl groups is 1. The van der Waals surface area contributed by atoms with Gasteiger partial charge in [0.25, 0.3) is 5.91 Å². The molecule has 4 rings (SSSR count). The number of nitrogens with zero attached hydrogens (tertiary/aromatic N) is 2.